The highest BCUT2D eigenvalue weighted by Crippen LogP contribution is 2.32. The molecule has 25 heavy (non-hydrogen) atoms. The van der Waals surface area contributed by atoms with Gasteiger partial charge in [0.2, 0.25) is 11.8 Å². The van der Waals surface area contributed by atoms with Crippen LogP contribution in [0.3, 0.4) is 0 Å². The number of nitrogens with one attached hydrogen (secondary N) is 2. The lowest BCUT2D eigenvalue weighted by atomic mass is 9.96. The van der Waals surface area contributed by atoms with Crippen LogP contribution >= 0.6 is 0 Å². The Morgan fingerprint density at radius 2 is 1.84 bits per heavy atom. The number of carbonyl (C=O) groups is 3. The topological polar surface area (TPSA) is 87.7 Å². The van der Waals surface area contributed by atoms with Crippen molar-refractivity contribution < 1.29 is 19.1 Å². The number of morpholine rings is 1. The Balaban J connectivity index is 2.17. The lowest BCUT2D eigenvalue weighted by molar-refractivity contribution is -0.167. The average molecular weight is 347 g/mol. The predicted octanol–water partition coefficient (Wildman–Crippen LogP) is 0.616. The predicted molar refractivity (Wildman–Crippen MR) is 92.6 cm³/mol. The Hall–Kier alpha value is -2.41. The summed E-state index contributed by atoms with van der Waals surface area (Å²) >= 11 is 0. The summed E-state index contributed by atoms with van der Waals surface area (Å²) < 4.78 is 5.59. The van der Waals surface area contributed by atoms with Gasteiger partial charge in [0.05, 0.1) is 6.04 Å². The summed E-state index contributed by atoms with van der Waals surface area (Å²) in [4.78, 5) is 37.6. The molecule has 136 valence electrons. The zero-order chi connectivity index (χ0) is 18.4. The Labute approximate surface area is 147 Å². The SMILES string of the molecule is CC(=O)NCCNC(=O)[C@H]1OCC(=O)N(C(C)C)[C@@H]1c1ccccc1. The molecular weight excluding hydrogens is 322 g/mol. The highest BCUT2D eigenvalue weighted by molar-refractivity contribution is 5.86. The molecule has 1 heterocycles. The number of rotatable bonds is 6. The van der Waals surface area contributed by atoms with Crippen molar-refractivity contribution in [3.8, 4) is 0 Å². The van der Waals surface area contributed by atoms with Crippen molar-refractivity contribution in [2.75, 3.05) is 19.7 Å². The fraction of sp³-hybridized carbons (Fsp3) is 0.500. The van der Waals surface area contributed by atoms with Crippen molar-refractivity contribution >= 4 is 17.7 Å². The van der Waals surface area contributed by atoms with Crippen molar-refractivity contribution in [1.82, 2.24) is 15.5 Å². The van der Waals surface area contributed by atoms with Crippen LogP contribution < -0.4 is 10.6 Å². The second kappa shape index (κ2) is 8.62. The van der Waals surface area contributed by atoms with Gasteiger partial charge >= 0.3 is 0 Å². The van der Waals surface area contributed by atoms with Gasteiger partial charge in [-0.1, -0.05) is 30.3 Å². The summed E-state index contributed by atoms with van der Waals surface area (Å²) in [6.07, 6.45) is -0.792. The molecular formula is C18H25N3O4. The lowest BCUT2D eigenvalue weighted by Crippen LogP contribution is -2.56. The molecule has 0 radical (unpaired) electrons. The molecule has 0 aromatic heterocycles. The summed E-state index contributed by atoms with van der Waals surface area (Å²) in [6.45, 7) is 5.79. The van der Waals surface area contributed by atoms with E-state index in [2.05, 4.69) is 10.6 Å². The molecule has 0 bridgehead atoms. The Morgan fingerprint density at radius 3 is 2.44 bits per heavy atom. The van der Waals surface area contributed by atoms with E-state index in [1.54, 1.807) is 4.90 Å². The molecule has 0 saturated carbocycles. The summed E-state index contributed by atoms with van der Waals surface area (Å²) in [7, 11) is 0. The molecule has 2 atom stereocenters. The molecule has 0 spiro atoms. The van der Waals surface area contributed by atoms with E-state index in [-0.39, 0.29) is 30.4 Å². The maximum atomic E-state index is 12.6. The third-order valence-electron chi connectivity index (χ3n) is 4.01. The van der Waals surface area contributed by atoms with Crippen LogP contribution in [0.5, 0.6) is 0 Å². The van der Waals surface area contributed by atoms with Crippen LogP contribution in [0.4, 0.5) is 0 Å². The first-order chi connectivity index (χ1) is 11.9. The van der Waals surface area contributed by atoms with E-state index in [0.717, 1.165) is 5.56 Å². The molecule has 7 nitrogen and oxygen atoms in total. The Bertz CT molecular complexity index is 618. The standard InChI is InChI=1S/C18H25N3O4/c1-12(2)21-15(23)11-25-17(16(21)14-7-5-4-6-8-14)18(24)20-10-9-19-13(3)22/h4-8,12,16-17H,9-11H2,1-3H3,(H,19,22)(H,20,24)/t16-,17+/m1/s1. The Kier molecular flexibility index (Phi) is 6.52. The monoisotopic (exact) mass is 347 g/mol. The second-order valence-electron chi connectivity index (χ2n) is 6.26. The maximum absolute atomic E-state index is 12.6. The van der Waals surface area contributed by atoms with Crippen molar-refractivity contribution in [2.45, 2.75) is 39.0 Å². The largest absolute Gasteiger partial charge is 0.356 e. The smallest absolute Gasteiger partial charge is 0.251 e. The minimum Gasteiger partial charge on any atom is -0.356 e. The van der Waals surface area contributed by atoms with E-state index < -0.39 is 12.1 Å². The van der Waals surface area contributed by atoms with Crippen LogP contribution in [-0.2, 0) is 19.1 Å². The zero-order valence-corrected chi connectivity index (χ0v) is 14.8. The summed E-state index contributed by atoms with van der Waals surface area (Å²) in [5.74, 6) is -0.578. The number of hydrogen-bond acceptors (Lipinski definition) is 4. The first-order valence-corrected chi connectivity index (χ1v) is 8.41. The lowest BCUT2D eigenvalue weighted by Gasteiger charge is -2.42. The van der Waals surface area contributed by atoms with Crippen molar-refractivity contribution in [1.29, 1.82) is 0 Å². The number of hydrogen-bond donors (Lipinski definition) is 2. The van der Waals surface area contributed by atoms with Crippen LogP contribution in [-0.4, -0.2) is 54.5 Å². The molecule has 2 N–H and O–H groups in total. The number of benzene rings is 1. The van der Waals surface area contributed by atoms with E-state index in [0.29, 0.717) is 13.1 Å². The highest BCUT2D eigenvalue weighted by atomic mass is 16.5. The number of amides is 3. The second-order valence-corrected chi connectivity index (χ2v) is 6.26. The molecule has 0 unspecified atom stereocenters. The molecule has 1 aliphatic rings. The minimum atomic E-state index is -0.792. The molecule has 0 aliphatic carbocycles. The van der Waals surface area contributed by atoms with Crippen molar-refractivity contribution in [3.63, 3.8) is 0 Å². The van der Waals surface area contributed by atoms with Crippen LogP contribution in [0.2, 0.25) is 0 Å². The molecule has 1 fully saturated rings. The quantitative estimate of drug-likeness (QED) is 0.739. The molecule has 1 aromatic rings. The van der Waals surface area contributed by atoms with Gasteiger partial charge in [-0.2, -0.15) is 0 Å². The summed E-state index contributed by atoms with van der Waals surface area (Å²) in [5, 5.41) is 5.39. The highest BCUT2D eigenvalue weighted by Gasteiger charge is 2.42. The van der Waals surface area contributed by atoms with E-state index in [9.17, 15) is 14.4 Å². The molecule has 1 saturated heterocycles. The first-order valence-electron chi connectivity index (χ1n) is 8.41. The van der Waals surface area contributed by atoms with Gasteiger partial charge in [0.25, 0.3) is 5.91 Å². The molecule has 3 amide bonds. The van der Waals surface area contributed by atoms with Crippen molar-refractivity contribution in [3.05, 3.63) is 35.9 Å². The van der Waals surface area contributed by atoms with Crippen LogP contribution in [0.15, 0.2) is 30.3 Å². The van der Waals surface area contributed by atoms with Gasteiger partial charge < -0.3 is 20.3 Å². The summed E-state index contributed by atoms with van der Waals surface area (Å²) in [5.41, 5.74) is 0.853. The van der Waals surface area contributed by atoms with Crippen molar-refractivity contribution in [2.24, 2.45) is 0 Å². The van der Waals surface area contributed by atoms with E-state index in [1.165, 1.54) is 6.92 Å². The maximum Gasteiger partial charge on any atom is 0.251 e. The average Bonchev–Trinajstić information content (AvgIpc) is 2.58. The molecule has 2 rings (SSSR count). The van der Waals surface area contributed by atoms with Gasteiger partial charge in [0.15, 0.2) is 6.10 Å². The number of carbonyl (C=O) groups excluding carboxylic acids is 3. The van der Waals surface area contributed by atoms with Gasteiger partial charge in [-0.25, -0.2) is 0 Å². The number of ether oxygens (including phenoxy) is 1. The molecule has 7 heteroatoms. The third-order valence-corrected chi connectivity index (χ3v) is 4.01. The van der Waals surface area contributed by atoms with E-state index in [4.69, 9.17) is 4.74 Å². The van der Waals surface area contributed by atoms with Crippen LogP contribution in [0.25, 0.3) is 0 Å². The van der Waals surface area contributed by atoms with Gasteiger partial charge in [0, 0.05) is 26.1 Å². The minimum absolute atomic E-state index is 0.0590. The van der Waals surface area contributed by atoms with Gasteiger partial charge in [-0.05, 0) is 19.4 Å². The summed E-state index contributed by atoms with van der Waals surface area (Å²) in [6, 6.07) is 8.87. The Morgan fingerprint density at radius 1 is 1.20 bits per heavy atom. The van der Waals surface area contributed by atoms with Gasteiger partial charge in [-0.3, -0.25) is 14.4 Å². The number of nitrogens with zero attached hydrogens (tertiary/aromatic N) is 1. The normalized spacial score (nSPS) is 20.5. The van der Waals surface area contributed by atoms with E-state index in [1.807, 2.05) is 44.2 Å². The van der Waals surface area contributed by atoms with E-state index >= 15 is 0 Å². The van der Waals surface area contributed by atoms with Gasteiger partial charge in [-0.15, -0.1) is 0 Å². The van der Waals surface area contributed by atoms with Crippen LogP contribution in [0.1, 0.15) is 32.4 Å². The van der Waals surface area contributed by atoms with Gasteiger partial charge in [0.1, 0.15) is 6.61 Å². The third kappa shape index (κ3) is 4.79. The zero-order valence-electron chi connectivity index (χ0n) is 14.8. The fourth-order valence-corrected chi connectivity index (χ4v) is 2.97. The first kappa shape index (κ1) is 18.9. The fourth-order valence-electron chi connectivity index (χ4n) is 2.97. The molecule has 1 aliphatic heterocycles. The molecule has 1 aromatic carbocycles. The van der Waals surface area contributed by atoms with Crippen LogP contribution in [0, 0.1) is 0 Å².